The van der Waals surface area contributed by atoms with Crippen molar-refractivity contribution in [2.75, 3.05) is 26.9 Å². The quantitative estimate of drug-likeness (QED) is 0.462. The zero-order valence-electron chi connectivity index (χ0n) is 8.58. The molecule has 0 radical (unpaired) electrons. The molecule has 0 aromatic carbocycles. The monoisotopic (exact) mass is 188 g/mol. The van der Waals surface area contributed by atoms with Crippen LogP contribution in [0.1, 0.15) is 19.8 Å². The Morgan fingerprint density at radius 3 is 2.62 bits per heavy atom. The molecule has 0 amide bonds. The molecular formula is C10H20O3. The van der Waals surface area contributed by atoms with Crippen molar-refractivity contribution in [3.05, 3.63) is 12.2 Å². The van der Waals surface area contributed by atoms with Crippen molar-refractivity contribution in [2.24, 2.45) is 0 Å². The highest BCUT2D eigenvalue weighted by atomic mass is 16.5. The van der Waals surface area contributed by atoms with E-state index in [0.717, 1.165) is 5.57 Å². The van der Waals surface area contributed by atoms with E-state index in [1.165, 1.54) is 0 Å². The molecule has 13 heavy (non-hydrogen) atoms. The van der Waals surface area contributed by atoms with Crippen molar-refractivity contribution in [3.8, 4) is 0 Å². The van der Waals surface area contributed by atoms with Crippen molar-refractivity contribution in [1.29, 1.82) is 0 Å². The molecular weight excluding hydrogens is 168 g/mol. The van der Waals surface area contributed by atoms with Crippen molar-refractivity contribution in [1.82, 2.24) is 0 Å². The van der Waals surface area contributed by atoms with E-state index in [-0.39, 0.29) is 6.10 Å². The second-order valence-electron chi connectivity index (χ2n) is 3.21. The molecule has 0 spiro atoms. The summed E-state index contributed by atoms with van der Waals surface area (Å²) < 4.78 is 10.0. The first-order chi connectivity index (χ1) is 6.16. The number of rotatable bonds is 8. The van der Waals surface area contributed by atoms with E-state index in [0.29, 0.717) is 32.7 Å². The second-order valence-corrected chi connectivity index (χ2v) is 3.21. The number of hydrogen-bond acceptors (Lipinski definition) is 3. The topological polar surface area (TPSA) is 38.7 Å². The number of ether oxygens (including phenoxy) is 2. The lowest BCUT2D eigenvalue weighted by atomic mass is 10.1. The van der Waals surface area contributed by atoms with Gasteiger partial charge in [-0.15, -0.1) is 6.58 Å². The zero-order valence-corrected chi connectivity index (χ0v) is 8.58. The molecule has 1 N–H and O–H groups in total. The molecule has 0 bridgehead atoms. The molecule has 1 atom stereocenters. The van der Waals surface area contributed by atoms with Crippen molar-refractivity contribution < 1.29 is 14.6 Å². The van der Waals surface area contributed by atoms with Gasteiger partial charge in [-0.1, -0.05) is 5.57 Å². The molecule has 0 aromatic heterocycles. The minimum atomic E-state index is -0.319. The highest BCUT2D eigenvalue weighted by Crippen LogP contribution is 2.05. The average molecular weight is 188 g/mol. The lowest BCUT2D eigenvalue weighted by molar-refractivity contribution is 0.0479. The molecule has 0 heterocycles. The Bertz CT molecular complexity index is 134. The van der Waals surface area contributed by atoms with E-state index in [9.17, 15) is 5.11 Å². The van der Waals surface area contributed by atoms with E-state index >= 15 is 0 Å². The highest BCUT2D eigenvalue weighted by Gasteiger charge is 2.03. The average Bonchev–Trinajstić information content (AvgIpc) is 2.02. The first kappa shape index (κ1) is 12.6. The normalized spacial score (nSPS) is 12.8. The van der Waals surface area contributed by atoms with Gasteiger partial charge in [0.2, 0.25) is 0 Å². The lowest BCUT2D eigenvalue weighted by Crippen LogP contribution is -2.12. The van der Waals surface area contributed by atoms with E-state index in [4.69, 9.17) is 9.47 Å². The van der Waals surface area contributed by atoms with Crippen LogP contribution in [0.25, 0.3) is 0 Å². The maximum absolute atomic E-state index is 9.40. The van der Waals surface area contributed by atoms with Gasteiger partial charge in [0.25, 0.3) is 0 Å². The van der Waals surface area contributed by atoms with E-state index in [2.05, 4.69) is 6.58 Å². The Hall–Kier alpha value is -0.380. The van der Waals surface area contributed by atoms with Crippen LogP contribution in [0.3, 0.4) is 0 Å². The van der Waals surface area contributed by atoms with E-state index in [1.54, 1.807) is 7.11 Å². The summed E-state index contributed by atoms with van der Waals surface area (Å²) in [6.07, 6.45) is 1.00. The summed E-state index contributed by atoms with van der Waals surface area (Å²) in [4.78, 5) is 0. The first-order valence-corrected chi connectivity index (χ1v) is 4.56. The number of aliphatic hydroxyl groups is 1. The van der Waals surface area contributed by atoms with Gasteiger partial charge in [0.15, 0.2) is 0 Å². The van der Waals surface area contributed by atoms with Crippen LogP contribution in [0.2, 0.25) is 0 Å². The van der Waals surface area contributed by atoms with E-state index < -0.39 is 0 Å². The minimum Gasteiger partial charge on any atom is -0.393 e. The van der Waals surface area contributed by atoms with Gasteiger partial charge in [-0.05, 0) is 19.8 Å². The molecule has 0 fully saturated rings. The minimum absolute atomic E-state index is 0.319. The van der Waals surface area contributed by atoms with Crippen LogP contribution in [-0.2, 0) is 9.47 Å². The van der Waals surface area contributed by atoms with Crippen LogP contribution in [0, 0.1) is 0 Å². The molecule has 0 aliphatic carbocycles. The van der Waals surface area contributed by atoms with Crippen LogP contribution < -0.4 is 0 Å². The smallest absolute Gasteiger partial charge is 0.0700 e. The van der Waals surface area contributed by atoms with Crippen LogP contribution in [-0.4, -0.2) is 38.1 Å². The molecule has 78 valence electrons. The Balaban J connectivity index is 3.17. The van der Waals surface area contributed by atoms with E-state index in [1.807, 2.05) is 6.92 Å². The summed E-state index contributed by atoms with van der Waals surface area (Å²) in [6.45, 7) is 7.43. The van der Waals surface area contributed by atoms with Gasteiger partial charge in [-0.2, -0.15) is 0 Å². The van der Waals surface area contributed by atoms with Gasteiger partial charge < -0.3 is 14.6 Å². The summed E-state index contributed by atoms with van der Waals surface area (Å²) in [6, 6.07) is 0. The van der Waals surface area contributed by atoms with Gasteiger partial charge in [0.1, 0.15) is 0 Å². The van der Waals surface area contributed by atoms with Crippen LogP contribution in [0.5, 0.6) is 0 Å². The molecule has 0 aliphatic heterocycles. The maximum atomic E-state index is 9.40. The van der Waals surface area contributed by atoms with Gasteiger partial charge in [0, 0.05) is 13.7 Å². The molecule has 3 heteroatoms. The number of hydrogen-bond donors (Lipinski definition) is 1. The maximum Gasteiger partial charge on any atom is 0.0700 e. The molecule has 3 nitrogen and oxygen atoms in total. The first-order valence-electron chi connectivity index (χ1n) is 4.56. The zero-order chi connectivity index (χ0) is 10.1. The Labute approximate surface area is 80.4 Å². The summed E-state index contributed by atoms with van der Waals surface area (Å²) in [5.74, 6) is 0. The third kappa shape index (κ3) is 9.53. The molecule has 0 saturated heterocycles. The molecule has 1 unspecified atom stereocenters. The Kier molecular flexibility index (Phi) is 7.99. The summed E-state index contributed by atoms with van der Waals surface area (Å²) in [7, 11) is 1.64. The number of methoxy groups -OCH3 is 1. The Morgan fingerprint density at radius 2 is 2.08 bits per heavy atom. The fourth-order valence-electron chi connectivity index (χ4n) is 0.968. The summed E-state index contributed by atoms with van der Waals surface area (Å²) in [5, 5.41) is 9.40. The number of aliphatic hydroxyl groups excluding tert-OH is 1. The largest absolute Gasteiger partial charge is 0.393 e. The van der Waals surface area contributed by atoms with Crippen LogP contribution >= 0.6 is 0 Å². The summed E-state index contributed by atoms with van der Waals surface area (Å²) in [5.41, 5.74) is 1.00. The third-order valence-corrected chi connectivity index (χ3v) is 1.61. The molecule has 0 aliphatic rings. The summed E-state index contributed by atoms with van der Waals surface area (Å²) >= 11 is 0. The fourth-order valence-corrected chi connectivity index (χ4v) is 0.968. The second kappa shape index (κ2) is 8.23. The van der Waals surface area contributed by atoms with Gasteiger partial charge in [-0.3, -0.25) is 0 Å². The Morgan fingerprint density at radius 1 is 1.38 bits per heavy atom. The third-order valence-electron chi connectivity index (χ3n) is 1.61. The van der Waals surface area contributed by atoms with Crippen molar-refractivity contribution in [2.45, 2.75) is 25.9 Å². The molecule has 0 saturated carbocycles. The van der Waals surface area contributed by atoms with Gasteiger partial charge >= 0.3 is 0 Å². The molecule has 0 rings (SSSR count). The van der Waals surface area contributed by atoms with Gasteiger partial charge in [-0.25, -0.2) is 0 Å². The predicted octanol–water partition coefficient (Wildman–Crippen LogP) is 1.37. The van der Waals surface area contributed by atoms with Crippen molar-refractivity contribution in [3.63, 3.8) is 0 Å². The van der Waals surface area contributed by atoms with Crippen LogP contribution in [0.15, 0.2) is 12.2 Å². The predicted molar refractivity (Wildman–Crippen MR) is 52.7 cm³/mol. The highest BCUT2D eigenvalue weighted by molar-refractivity contribution is 4.90. The molecule has 0 aromatic rings. The van der Waals surface area contributed by atoms with Gasteiger partial charge in [0.05, 0.1) is 19.3 Å². The fraction of sp³-hybridized carbons (Fsp3) is 0.800. The SMILES string of the molecule is C=C(C)CC(O)CCOCCOC. The van der Waals surface area contributed by atoms with Crippen molar-refractivity contribution >= 4 is 0 Å². The lowest BCUT2D eigenvalue weighted by Gasteiger charge is -2.10. The standard InChI is InChI=1S/C10H20O3/c1-9(2)8-10(11)4-5-13-7-6-12-3/h10-11H,1,4-8H2,2-3H3. The van der Waals surface area contributed by atoms with Crippen LogP contribution in [0.4, 0.5) is 0 Å².